The van der Waals surface area contributed by atoms with Crippen LogP contribution in [0, 0.1) is 0 Å². The van der Waals surface area contributed by atoms with Crippen LogP contribution in [-0.4, -0.2) is 35.1 Å². The van der Waals surface area contributed by atoms with E-state index in [4.69, 9.17) is 16.3 Å². The predicted molar refractivity (Wildman–Crippen MR) is 92.4 cm³/mol. The highest BCUT2D eigenvalue weighted by Gasteiger charge is 2.31. The van der Waals surface area contributed by atoms with Crippen LogP contribution in [0.5, 0.6) is 0 Å². The Balaban J connectivity index is 1.72. The fraction of sp³-hybridized carbons (Fsp3) is 0.333. The quantitative estimate of drug-likeness (QED) is 0.795. The first kappa shape index (κ1) is 19.4. The summed E-state index contributed by atoms with van der Waals surface area (Å²) in [6.07, 6.45) is -4.28. The highest BCUT2D eigenvalue weighted by molar-refractivity contribution is 6.30. The van der Waals surface area contributed by atoms with E-state index in [0.717, 1.165) is 16.2 Å². The van der Waals surface area contributed by atoms with Gasteiger partial charge >= 0.3 is 6.18 Å². The van der Waals surface area contributed by atoms with Crippen LogP contribution >= 0.6 is 11.6 Å². The summed E-state index contributed by atoms with van der Waals surface area (Å²) in [6, 6.07) is 8.52. The molecule has 27 heavy (non-hydrogen) atoms. The van der Waals surface area contributed by atoms with Crippen LogP contribution in [0.2, 0.25) is 5.02 Å². The number of amides is 1. The summed E-state index contributed by atoms with van der Waals surface area (Å²) in [5.74, 6) is -0.446. The van der Waals surface area contributed by atoms with Gasteiger partial charge in [-0.05, 0) is 23.8 Å². The lowest BCUT2D eigenvalue weighted by atomic mass is 10.1. The number of carbonyl (C=O) groups is 1. The van der Waals surface area contributed by atoms with Crippen molar-refractivity contribution in [3.05, 3.63) is 69.1 Å². The number of pyridine rings is 1. The minimum atomic E-state index is -4.59. The molecule has 3 rings (SSSR count). The molecular weight excluding hydrogens is 385 g/mol. The van der Waals surface area contributed by atoms with E-state index < -0.39 is 29.8 Å². The molecule has 0 saturated carbocycles. The van der Waals surface area contributed by atoms with Gasteiger partial charge in [0.25, 0.3) is 5.56 Å². The van der Waals surface area contributed by atoms with Crippen molar-refractivity contribution in [3.63, 3.8) is 0 Å². The number of nitrogens with zero attached hydrogens (tertiary/aromatic N) is 2. The monoisotopic (exact) mass is 400 g/mol. The molecule has 0 radical (unpaired) electrons. The molecule has 1 aliphatic rings. The molecule has 2 aromatic rings. The van der Waals surface area contributed by atoms with E-state index >= 15 is 0 Å². The van der Waals surface area contributed by atoms with Crippen molar-refractivity contribution in [2.24, 2.45) is 0 Å². The van der Waals surface area contributed by atoms with Crippen LogP contribution in [0.15, 0.2) is 47.4 Å². The molecule has 1 unspecified atom stereocenters. The van der Waals surface area contributed by atoms with E-state index in [-0.39, 0.29) is 19.3 Å². The largest absolute Gasteiger partial charge is 0.417 e. The summed E-state index contributed by atoms with van der Waals surface area (Å²) in [5, 5.41) is 0.575. The first-order valence-corrected chi connectivity index (χ1v) is 8.54. The van der Waals surface area contributed by atoms with Gasteiger partial charge in [-0.25, -0.2) is 0 Å². The van der Waals surface area contributed by atoms with Gasteiger partial charge in [0.1, 0.15) is 12.6 Å². The van der Waals surface area contributed by atoms with Crippen LogP contribution < -0.4 is 5.56 Å². The topological polar surface area (TPSA) is 51.5 Å². The number of morpholine rings is 1. The molecule has 0 bridgehead atoms. The van der Waals surface area contributed by atoms with Crippen molar-refractivity contribution in [2.75, 3.05) is 19.7 Å². The molecule has 1 aromatic heterocycles. The third-order valence-corrected chi connectivity index (χ3v) is 4.53. The second kappa shape index (κ2) is 7.74. The molecule has 1 aromatic carbocycles. The molecule has 0 N–H and O–H groups in total. The number of halogens is 4. The maximum atomic E-state index is 12.8. The van der Waals surface area contributed by atoms with Crippen molar-refractivity contribution >= 4 is 17.5 Å². The van der Waals surface area contributed by atoms with Gasteiger partial charge in [0.05, 0.1) is 18.7 Å². The molecule has 1 fully saturated rings. The maximum Gasteiger partial charge on any atom is 0.417 e. The average Bonchev–Trinajstić information content (AvgIpc) is 2.63. The smallest absolute Gasteiger partial charge is 0.370 e. The van der Waals surface area contributed by atoms with E-state index in [0.29, 0.717) is 23.8 Å². The third kappa shape index (κ3) is 4.70. The van der Waals surface area contributed by atoms with Crippen LogP contribution in [0.4, 0.5) is 13.2 Å². The van der Waals surface area contributed by atoms with E-state index in [1.807, 2.05) is 0 Å². The maximum absolute atomic E-state index is 12.8. The third-order valence-electron chi connectivity index (χ3n) is 4.28. The predicted octanol–water partition coefficient (Wildman–Crippen LogP) is 3.12. The molecule has 144 valence electrons. The van der Waals surface area contributed by atoms with Gasteiger partial charge in [-0.3, -0.25) is 9.59 Å². The zero-order chi connectivity index (χ0) is 19.6. The zero-order valence-electron chi connectivity index (χ0n) is 14.1. The number of ether oxygens (including phenoxy) is 1. The average molecular weight is 401 g/mol. The van der Waals surface area contributed by atoms with Crippen LogP contribution in [0.25, 0.3) is 0 Å². The van der Waals surface area contributed by atoms with Crippen molar-refractivity contribution in [1.82, 2.24) is 9.47 Å². The summed E-state index contributed by atoms with van der Waals surface area (Å²) in [6.45, 7) is 0.372. The summed E-state index contributed by atoms with van der Waals surface area (Å²) in [5.41, 5.74) is -0.803. The Morgan fingerprint density at radius 1 is 1.19 bits per heavy atom. The zero-order valence-corrected chi connectivity index (χ0v) is 14.8. The van der Waals surface area contributed by atoms with Gasteiger partial charge in [-0.2, -0.15) is 13.2 Å². The fourth-order valence-electron chi connectivity index (χ4n) is 2.82. The first-order chi connectivity index (χ1) is 12.7. The summed E-state index contributed by atoms with van der Waals surface area (Å²) < 4.78 is 44.9. The van der Waals surface area contributed by atoms with E-state index in [1.54, 1.807) is 24.3 Å². The van der Waals surface area contributed by atoms with Gasteiger partial charge in [0.15, 0.2) is 0 Å². The second-order valence-corrected chi connectivity index (χ2v) is 6.57. The number of rotatable bonds is 3. The van der Waals surface area contributed by atoms with E-state index in [2.05, 4.69) is 0 Å². The Labute approximate surface area is 157 Å². The highest BCUT2D eigenvalue weighted by atomic mass is 35.5. The van der Waals surface area contributed by atoms with Crippen molar-refractivity contribution in [2.45, 2.75) is 18.8 Å². The lowest BCUT2D eigenvalue weighted by Crippen LogP contribution is -2.44. The van der Waals surface area contributed by atoms with Crippen molar-refractivity contribution in [1.29, 1.82) is 0 Å². The van der Waals surface area contributed by atoms with Gasteiger partial charge in [0, 0.05) is 23.8 Å². The Hall–Kier alpha value is -2.32. The summed E-state index contributed by atoms with van der Waals surface area (Å²) >= 11 is 5.86. The van der Waals surface area contributed by atoms with Gasteiger partial charge < -0.3 is 14.2 Å². The Kier molecular flexibility index (Phi) is 5.57. The first-order valence-electron chi connectivity index (χ1n) is 8.16. The van der Waals surface area contributed by atoms with Crippen molar-refractivity contribution < 1.29 is 22.7 Å². The lowest BCUT2D eigenvalue weighted by molar-refractivity contribution is -0.141. The number of hydrogen-bond acceptors (Lipinski definition) is 3. The number of hydrogen-bond donors (Lipinski definition) is 0. The Morgan fingerprint density at radius 2 is 1.89 bits per heavy atom. The standard InChI is InChI=1S/C18H16ClF3N2O3/c19-14-4-1-12(2-5-14)15-10-23(7-8-27-15)17(26)11-24-9-13(18(20,21)22)3-6-16(24)25/h1-6,9,15H,7-8,10-11H2. The number of carbonyl (C=O) groups excluding carboxylic acids is 1. The minimum Gasteiger partial charge on any atom is -0.370 e. The molecule has 0 spiro atoms. The SMILES string of the molecule is O=C(Cn1cc(C(F)(F)F)ccc1=O)N1CCOC(c2ccc(Cl)cc2)C1. The second-order valence-electron chi connectivity index (χ2n) is 6.13. The van der Waals surface area contributed by atoms with E-state index in [9.17, 15) is 22.8 Å². The summed E-state index contributed by atoms with van der Waals surface area (Å²) in [4.78, 5) is 25.8. The fourth-order valence-corrected chi connectivity index (χ4v) is 2.95. The number of aromatic nitrogens is 1. The Bertz CT molecular complexity index is 881. The van der Waals surface area contributed by atoms with Crippen molar-refractivity contribution in [3.8, 4) is 0 Å². The lowest BCUT2D eigenvalue weighted by Gasteiger charge is -2.33. The van der Waals surface area contributed by atoms with Crippen LogP contribution in [0.3, 0.4) is 0 Å². The van der Waals surface area contributed by atoms with Crippen LogP contribution in [0.1, 0.15) is 17.2 Å². The molecule has 0 aliphatic carbocycles. The van der Waals surface area contributed by atoms with Gasteiger partial charge in [-0.15, -0.1) is 0 Å². The van der Waals surface area contributed by atoms with E-state index in [1.165, 1.54) is 4.90 Å². The molecule has 1 amide bonds. The molecule has 9 heteroatoms. The molecule has 1 aliphatic heterocycles. The Morgan fingerprint density at radius 3 is 2.56 bits per heavy atom. The number of alkyl halides is 3. The van der Waals surface area contributed by atoms with Crippen LogP contribution in [-0.2, 0) is 22.3 Å². The molecule has 2 heterocycles. The summed E-state index contributed by atoms with van der Waals surface area (Å²) in [7, 11) is 0. The normalized spacial score (nSPS) is 17.8. The van der Waals surface area contributed by atoms with Gasteiger partial charge in [-0.1, -0.05) is 23.7 Å². The highest BCUT2D eigenvalue weighted by Crippen LogP contribution is 2.28. The number of benzene rings is 1. The van der Waals surface area contributed by atoms with Gasteiger partial charge in [0.2, 0.25) is 5.91 Å². The molecule has 1 saturated heterocycles. The molecule has 5 nitrogen and oxygen atoms in total. The minimum absolute atomic E-state index is 0.244. The molecule has 1 atom stereocenters. The molecular formula is C18H16ClF3N2O3.